The predicted molar refractivity (Wildman–Crippen MR) is 75.4 cm³/mol. The van der Waals surface area contributed by atoms with Crippen molar-refractivity contribution in [1.82, 2.24) is 0 Å². The summed E-state index contributed by atoms with van der Waals surface area (Å²) < 4.78 is 0.278. The fourth-order valence-corrected chi connectivity index (χ4v) is 2.90. The van der Waals surface area contributed by atoms with E-state index in [4.69, 9.17) is 0 Å². The molecule has 0 saturated heterocycles. The van der Waals surface area contributed by atoms with Crippen LogP contribution in [-0.4, -0.2) is 4.75 Å². The van der Waals surface area contributed by atoms with E-state index in [0.29, 0.717) is 0 Å². The highest BCUT2D eigenvalue weighted by atomic mass is 32.2. The topological polar surface area (TPSA) is 0 Å². The molecule has 0 aliphatic carbocycles. The lowest BCUT2D eigenvalue weighted by atomic mass is 9.82. The lowest BCUT2D eigenvalue weighted by Gasteiger charge is -2.28. The van der Waals surface area contributed by atoms with E-state index in [2.05, 4.69) is 65.8 Å². The van der Waals surface area contributed by atoms with Gasteiger partial charge in [-0.05, 0) is 23.5 Å². The van der Waals surface area contributed by atoms with Gasteiger partial charge in [0.05, 0.1) is 0 Å². The van der Waals surface area contributed by atoms with Gasteiger partial charge in [-0.15, -0.1) is 11.8 Å². The summed E-state index contributed by atoms with van der Waals surface area (Å²) in [5.41, 5.74) is 1.76. The highest BCUT2D eigenvalue weighted by Gasteiger charge is 2.23. The van der Waals surface area contributed by atoms with Gasteiger partial charge in [0.15, 0.2) is 0 Å². The van der Waals surface area contributed by atoms with Crippen LogP contribution >= 0.6 is 11.8 Å². The third-order valence-corrected chi connectivity index (χ3v) is 4.10. The number of hydrogen-bond donors (Lipinski definition) is 0. The van der Waals surface area contributed by atoms with Gasteiger partial charge < -0.3 is 0 Å². The second-order valence-electron chi connectivity index (χ2n) is 5.95. The van der Waals surface area contributed by atoms with Crippen LogP contribution in [0, 0.1) is 0 Å². The summed E-state index contributed by atoms with van der Waals surface area (Å²) in [4.78, 5) is 1.43. The molecule has 0 N–H and O–H groups in total. The van der Waals surface area contributed by atoms with Crippen LogP contribution < -0.4 is 0 Å². The summed E-state index contributed by atoms with van der Waals surface area (Å²) in [6.07, 6.45) is 1.18. The second-order valence-corrected chi connectivity index (χ2v) is 7.82. The zero-order valence-corrected chi connectivity index (χ0v) is 12.2. The fraction of sp³-hybridized carbons (Fsp3) is 0.600. The fourth-order valence-electron chi connectivity index (χ4n) is 1.64. The van der Waals surface area contributed by atoms with Gasteiger partial charge in [-0.2, -0.15) is 0 Å². The molecule has 90 valence electrons. The maximum Gasteiger partial charge on any atom is 0.0122 e. The molecule has 0 amide bonds. The van der Waals surface area contributed by atoms with E-state index in [0.717, 1.165) is 0 Å². The van der Waals surface area contributed by atoms with Crippen molar-refractivity contribution in [2.45, 2.75) is 63.0 Å². The Morgan fingerprint density at radius 2 is 1.56 bits per heavy atom. The average Bonchev–Trinajstić information content (AvgIpc) is 2.16. The van der Waals surface area contributed by atoms with Crippen LogP contribution in [0.15, 0.2) is 29.2 Å². The summed E-state index contributed by atoms with van der Waals surface area (Å²) in [5.74, 6) is 0. The van der Waals surface area contributed by atoms with Gasteiger partial charge in [-0.3, -0.25) is 0 Å². The van der Waals surface area contributed by atoms with E-state index in [1.165, 1.54) is 16.9 Å². The number of thioether (sulfide) groups is 1. The Balaban J connectivity index is 3.11. The van der Waals surface area contributed by atoms with Gasteiger partial charge in [-0.1, -0.05) is 59.7 Å². The normalized spacial score (nSPS) is 12.9. The first kappa shape index (κ1) is 13.6. The third kappa shape index (κ3) is 3.55. The van der Waals surface area contributed by atoms with E-state index in [-0.39, 0.29) is 10.2 Å². The van der Waals surface area contributed by atoms with E-state index in [9.17, 15) is 0 Å². The third-order valence-electron chi connectivity index (χ3n) is 2.92. The van der Waals surface area contributed by atoms with Crippen LogP contribution in [0.5, 0.6) is 0 Å². The van der Waals surface area contributed by atoms with Crippen molar-refractivity contribution in [3.05, 3.63) is 29.8 Å². The predicted octanol–water partition coefficient (Wildman–Crippen LogP) is 5.26. The molecule has 0 nitrogen and oxygen atoms in total. The Hall–Kier alpha value is -0.430. The van der Waals surface area contributed by atoms with Gasteiger partial charge >= 0.3 is 0 Å². The molecule has 0 saturated carbocycles. The molecule has 0 atom stereocenters. The van der Waals surface area contributed by atoms with E-state index in [1.54, 1.807) is 0 Å². The van der Waals surface area contributed by atoms with E-state index >= 15 is 0 Å². The van der Waals surface area contributed by atoms with Gasteiger partial charge in [0.2, 0.25) is 0 Å². The maximum atomic E-state index is 2.33. The molecular weight excluding hydrogens is 212 g/mol. The van der Waals surface area contributed by atoms with E-state index in [1.807, 2.05) is 11.8 Å². The number of benzene rings is 1. The van der Waals surface area contributed by atoms with Crippen molar-refractivity contribution in [2.24, 2.45) is 0 Å². The first-order chi connectivity index (χ1) is 7.26. The molecule has 0 spiro atoms. The second kappa shape index (κ2) is 4.83. The first-order valence-corrected chi connectivity index (χ1v) is 6.86. The molecule has 0 bridgehead atoms. The van der Waals surface area contributed by atoms with Crippen LogP contribution in [0.25, 0.3) is 0 Å². The average molecular weight is 236 g/mol. The number of hydrogen-bond acceptors (Lipinski definition) is 1. The Bertz CT molecular complexity index is 345. The van der Waals surface area contributed by atoms with E-state index < -0.39 is 0 Å². The van der Waals surface area contributed by atoms with Crippen LogP contribution in [-0.2, 0) is 5.41 Å². The van der Waals surface area contributed by atoms with Crippen molar-refractivity contribution in [1.29, 1.82) is 0 Å². The minimum Gasteiger partial charge on any atom is -0.120 e. The summed E-state index contributed by atoms with van der Waals surface area (Å²) in [5, 5.41) is 0. The zero-order valence-electron chi connectivity index (χ0n) is 11.4. The summed E-state index contributed by atoms with van der Waals surface area (Å²) in [6.45, 7) is 13.7. The van der Waals surface area contributed by atoms with Gasteiger partial charge in [0.1, 0.15) is 0 Å². The van der Waals surface area contributed by atoms with Gasteiger partial charge in [0.25, 0.3) is 0 Å². The van der Waals surface area contributed by atoms with Crippen molar-refractivity contribution in [3.63, 3.8) is 0 Å². The molecule has 16 heavy (non-hydrogen) atoms. The molecule has 1 heteroatoms. The molecule has 1 aromatic rings. The highest BCUT2D eigenvalue weighted by molar-refractivity contribution is 8.00. The molecule has 0 aliphatic heterocycles. The Morgan fingerprint density at radius 1 is 1.00 bits per heavy atom. The highest BCUT2D eigenvalue weighted by Crippen LogP contribution is 2.39. The lowest BCUT2D eigenvalue weighted by molar-refractivity contribution is 0.497. The lowest BCUT2D eigenvalue weighted by Crippen LogP contribution is -2.18. The minimum absolute atomic E-state index is 0.273. The summed E-state index contributed by atoms with van der Waals surface area (Å²) >= 11 is 1.97. The molecule has 1 aromatic carbocycles. The smallest absolute Gasteiger partial charge is 0.0122 e. The van der Waals surface area contributed by atoms with Gasteiger partial charge in [-0.25, -0.2) is 0 Å². The number of rotatable bonds is 3. The molecule has 0 aromatic heterocycles. The molecule has 0 fully saturated rings. The molecule has 0 aliphatic rings. The Morgan fingerprint density at radius 3 is 2.06 bits per heavy atom. The molecule has 0 heterocycles. The Labute approximate surface area is 105 Å². The van der Waals surface area contributed by atoms with Crippen molar-refractivity contribution in [2.75, 3.05) is 0 Å². The standard InChI is InChI=1S/C15H24S/c1-7-15(5,6)12-10-8-9-11-13(12)16-14(2,3)4/h8-11H,7H2,1-6H3. The zero-order chi connectivity index (χ0) is 12.4. The summed E-state index contributed by atoms with van der Waals surface area (Å²) in [6, 6.07) is 8.82. The van der Waals surface area contributed by atoms with Crippen LogP contribution in [0.3, 0.4) is 0 Å². The molecule has 1 rings (SSSR count). The molecule has 0 unspecified atom stereocenters. The van der Waals surface area contributed by atoms with Crippen LogP contribution in [0.2, 0.25) is 0 Å². The summed E-state index contributed by atoms with van der Waals surface area (Å²) in [7, 11) is 0. The molecule has 0 radical (unpaired) electrons. The SMILES string of the molecule is CCC(C)(C)c1ccccc1SC(C)(C)C. The van der Waals surface area contributed by atoms with Crippen LogP contribution in [0.4, 0.5) is 0 Å². The van der Waals surface area contributed by atoms with Crippen molar-refractivity contribution >= 4 is 11.8 Å². The minimum atomic E-state index is 0.273. The largest absolute Gasteiger partial charge is 0.120 e. The molecular formula is C15H24S. The maximum absolute atomic E-state index is 2.33. The van der Waals surface area contributed by atoms with Crippen LogP contribution in [0.1, 0.15) is 53.5 Å². The monoisotopic (exact) mass is 236 g/mol. The van der Waals surface area contributed by atoms with Crippen molar-refractivity contribution in [3.8, 4) is 0 Å². The van der Waals surface area contributed by atoms with Gasteiger partial charge in [0, 0.05) is 9.64 Å². The first-order valence-electron chi connectivity index (χ1n) is 6.05. The Kier molecular flexibility index (Phi) is 4.12. The van der Waals surface area contributed by atoms with Crippen molar-refractivity contribution < 1.29 is 0 Å². The quantitative estimate of drug-likeness (QED) is 0.645.